The van der Waals surface area contributed by atoms with Crippen molar-refractivity contribution in [2.75, 3.05) is 13.1 Å². The van der Waals surface area contributed by atoms with Crippen LogP contribution in [0.15, 0.2) is 4.99 Å². The Hall–Kier alpha value is -2.32. The van der Waals surface area contributed by atoms with Crippen LogP contribution in [0, 0.1) is 11.8 Å². The molecule has 0 aromatic carbocycles. The molecule has 0 aromatic heterocycles. The van der Waals surface area contributed by atoms with Gasteiger partial charge in [-0.1, -0.05) is 0 Å². The maximum absolute atomic E-state index is 12.8. The number of hydrogen-bond donors (Lipinski definition) is 4. The average Bonchev–Trinajstić information content (AvgIpc) is 2.88. The van der Waals surface area contributed by atoms with Gasteiger partial charge >= 0.3 is 5.97 Å². The molecular weight excluding hydrogens is 314 g/mol. The Kier molecular flexibility index (Phi) is 6.99. The minimum atomic E-state index is -0.954. The van der Waals surface area contributed by atoms with Gasteiger partial charge in [0, 0.05) is 25.9 Å². The third kappa shape index (κ3) is 4.84. The monoisotopic (exact) mass is 341 g/mol. The zero-order valence-electron chi connectivity index (χ0n) is 14.4. The number of nitrogens with one attached hydrogen (secondary N) is 1. The second-order valence-corrected chi connectivity index (χ2v) is 5.98. The van der Waals surface area contributed by atoms with Crippen molar-refractivity contribution in [2.24, 2.45) is 28.3 Å². The minimum Gasteiger partial charge on any atom is -0.481 e. The summed E-state index contributed by atoms with van der Waals surface area (Å²) in [6.45, 7) is 5.99. The van der Waals surface area contributed by atoms with Crippen LogP contribution in [0.5, 0.6) is 0 Å². The highest BCUT2D eigenvalue weighted by molar-refractivity contribution is 5.87. The van der Waals surface area contributed by atoms with E-state index < -0.39 is 29.9 Å². The Balaban J connectivity index is 3.16. The van der Waals surface area contributed by atoms with Crippen molar-refractivity contribution in [3.05, 3.63) is 0 Å². The van der Waals surface area contributed by atoms with Gasteiger partial charge in [0.2, 0.25) is 11.8 Å². The Labute approximate surface area is 141 Å². The molecule has 0 heterocycles. The largest absolute Gasteiger partial charge is 0.481 e. The van der Waals surface area contributed by atoms with E-state index in [4.69, 9.17) is 11.5 Å². The van der Waals surface area contributed by atoms with Crippen molar-refractivity contribution in [2.45, 2.75) is 45.7 Å². The highest BCUT2D eigenvalue weighted by Crippen LogP contribution is 2.36. The maximum atomic E-state index is 12.8. The first-order valence-electron chi connectivity index (χ1n) is 8.08. The van der Waals surface area contributed by atoms with Crippen LogP contribution in [-0.2, 0) is 14.4 Å². The number of hydrogen-bond acceptors (Lipinski definition) is 4. The van der Waals surface area contributed by atoms with E-state index in [1.165, 1.54) is 6.92 Å². The number of carbonyl (C=O) groups excluding carboxylic acids is 2. The summed E-state index contributed by atoms with van der Waals surface area (Å²) in [5.74, 6) is -2.84. The Bertz CT molecular complexity index is 514. The fraction of sp³-hybridized carbons (Fsp3) is 0.733. The molecule has 9 heteroatoms. The summed E-state index contributed by atoms with van der Waals surface area (Å²) >= 11 is 0. The minimum absolute atomic E-state index is 0.159. The molecule has 24 heavy (non-hydrogen) atoms. The van der Waals surface area contributed by atoms with Crippen molar-refractivity contribution >= 4 is 23.7 Å². The van der Waals surface area contributed by atoms with Gasteiger partial charge in [0.25, 0.3) is 0 Å². The van der Waals surface area contributed by atoms with Crippen LogP contribution in [0.2, 0.25) is 0 Å². The molecule has 0 aromatic rings. The molecule has 4 atom stereocenters. The summed E-state index contributed by atoms with van der Waals surface area (Å²) in [5.41, 5.74) is 10.9. The average molecular weight is 341 g/mol. The lowest BCUT2D eigenvalue weighted by atomic mass is 9.92. The molecule has 0 saturated heterocycles. The van der Waals surface area contributed by atoms with Gasteiger partial charge in [-0.15, -0.1) is 0 Å². The molecule has 1 aliphatic rings. The van der Waals surface area contributed by atoms with Gasteiger partial charge in [0.05, 0.1) is 12.0 Å². The number of guanidine groups is 1. The van der Waals surface area contributed by atoms with Crippen LogP contribution in [0.25, 0.3) is 0 Å². The number of amides is 2. The number of carbonyl (C=O) groups is 3. The second kappa shape index (κ2) is 8.51. The molecule has 1 aliphatic carbocycles. The Morgan fingerprint density at radius 3 is 2.25 bits per heavy atom. The van der Waals surface area contributed by atoms with Crippen LogP contribution < -0.4 is 16.8 Å². The lowest BCUT2D eigenvalue weighted by molar-refractivity contribution is -0.142. The fourth-order valence-corrected chi connectivity index (χ4v) is 3.25. The van der Waals surface area contributed by atoms with Crippen molar-refractivity contribution in [1.82, 2.24) is 10.2 Å². The number of likely N-dealkylation sites (N-methyl/N-ethyl adjacent to an activating group) is 1. The number of nitrogens with zero attached hydrogens (tertiary/aromatic N) is 2. The van der Waals surface area contributed by atoms with E-state index in [1.807, 2.05) is 13.8 Å². The van der Waals surface area contributed by atoms with E-state index in [-0.39, 0.29) is 30.6 Å². The van der Waals surface area contributed by atoms with E-state index in [1.54, 1.807) is 4.90 Å². The molecule has 0 aliphatic heterocycles. The summed E-state index contributed by atoms with van der Waals surface area (Å²) in [7, 11) is 0. The van der Waals surface area contributed by atoms with Crippen LogP contribution >= 0.6 is 0 Å². The normalized spacial score (nSPS) is 24.0. The van der Waals surface area contributed by atoms with Gasteiger partial charge in [-0.2, -0.15) is 0 Å². The van der Waals surface area contributed by atoms with Crippen molar-refractivity contribution in [3.8, 4) is 0 Å². The highest BCUT2D eigenvalue weighted by Gasteiger charge is 2.45. The maximum Gasteiger partial charge on any atom is 0.306 e. The highest BCUT2D eigenvalue weighted by atomic mass is 16.4. The molecule has 9 nitrogen and oxygen atoms in total. The Morgan fingerprint density at radius 1 is 1.25 bits per heavy atom. The van der Waals surface area contributed by atoms with Crippen LogP contribution in [0.4, 0.5) is 0 Å². The summed E-state index contributed by atoms with van der Waals surface area (Å²) in [5, 5.41) is 12.0. The SMILES string of the molecule is CCN(CC)C(=O)[C@H](NC(C)=O)[C@H]1CC(C(=O)O)C[C@@H]1N=C(N)N. The number of carboxylic acids is 1. The summed E-state index contributed by atoms with van der Waals surface area (Å²) in [6.07, 6.45) is 0.467. The van der Waals surface area contributed by atoms with Gasteiger partial charge < -0.3 is 26.8 Å². The zero-order chi connectivity index (χ0) is 18.4. The van der Waals surface area contributed by atoms with Crippen LogP contribution in [-0.4, -0.2) is 58.9 Å². The van der Waals surface area contributed by atoms with Crippen molar-refractivity contribution in [3.63, 3.8) is 0 Å². The second-order valence-electron chi connectivity index (χ2n) is 5.98. The molecule has 2 amide bonds. The lowest BCUT2D eigenvalue weighted by Gasteiger charge is -2.31. The summed E-state index contributed by atoms with van der Waals surface area (Å²) in [6, 6.07) is -1.37. The topological polar surface area (TPSA) is 151 Å². The zero-order valence-corrected chi connectivity index (χ0v) is 14.4. The molecule has 0 radical (unpaired) electrons. The third-order valence-corrected chi connectivity index (χ3v) is 4.37. The predicted octanol–water partition coefficient (Wildman–Crippen LogP) is -0.888. The van der Waals surface area contributed by atoms with Crippen LogP contribution in [0.3, 0.4) is 0 Å². The molecule has 1 unspecified atom stereocenters. The number of carboxylic acid groups (broad SMARTS) is 1. The number of nitrogens with two attached hydrogens (primary N) is 2. The first kappa shape index (κ1) is 19.7. The fourth-order valence-electron chi connectivity index (χ4n) is 3.25. The van der Waals surface area contributed by atoms with E-state index in [0.717, 1.165) is 0 Å². The van der Waals surface area contributed by atoms with Gasteiger partial charge in [-0.3, -0.25) is 14.4 Å². The smallest absolute Gasteiger partial charge is 0.306 e. The molecule has 1 rings (SSSR count). The first-order valence-corrected chi connectivity index (χ1v) is 8.08. The molecule has 1 fully saturated rings. The predicted molar refractivity (Wildman–Crippen MR) is 89.0 cm³/mol. The molecule has 0 spiro atoms. The first-order chi connectivity index (χ1) is 11.2. The molecule has 0 bridgehead atoms. The number of aliphatic carboxylic acids is 1. The van der Waals surface area contributed by atoms with Gasteiger partial charge in [0.15, 0.2) is 5.96 Å². The molecule has 136 valence electrons. The van der Waals surface area contributed by atoms with Crippen molar-refractivity contribution in [1.29, 1.82) is 0 Å². The quantitative estimate of drug-likeness (QED) is 0.348. The lowest BCUT2D eigenvalue weighted by Crippen LogP contribution is -2.53. The van der Waals surface area contributed by atoms with Gasteiger partial charge in [-0.25, -0.2) is 4.99 Å². The molecular formula is C15H27N5O4. The standard InChI is InChI=1S/C15H27N5O4/c1-4-20(5-2)13(22)12(18-8(3)21)10-6-9(14(23)24)7-11(10)19-15(16)17/h9-12H,4-7H2,1-3H3,(H,18,21)(H,23,24)(H4,16,17,19)/t9?,10-,11-,12+/m0/s1. The van der Waals surface area contributed by atoms with Gasteiger partial charge in [0.1, 0.15) is 6.04 Å². The third-order valence-electron chi connectivity index (χ3n) is 4.37. The summed E-state index contributed by atoms with van der Waals surface area (Å²) < 4.78 is 0. The van der Waals surface area contributed by atoms with Gasteiger partial charge in [-0.05, 0) is 26.7 Å². The van der Waals surface area contributed by atoms with Crippen LogP contribution in [0.1, 0.15) is 33.6 Å². The molecule has 6 N–H and O–H groups in total. The van der Waals surface area contributed by atoms with E-state index in [0.29, 0.717) is 13.1 Å². The number of rotatable bonds is 7. The Morgan fingerprint density at radius 2 is 1.83 bits per heavy atom. The molecule has 1 saturated carbocycles. The van der Waals surface area contributed by atoms with E-state index >= 15 is 0 Å². The summed E-state index contributed by atoms with van der Waals surface area (Å²) in [4.78, 5) is 41.4. The number of aliphatic imine (C=N–C) groups is 1. The van der Waals surface area contributed by atoms with E-state index in [9.17, 15) is 19.5 Å². The van der Waals surface area contributed by atoms with Crippen molar-refractivity contribution < 1.29 is 19.5 Å². The van der Waals surface area contributed by atoms with E-state index in [2.05, 4.69) is 10.3 Å².